The van der Waals surface area contributed by atoms with Crippen molar-refractivity contribution in [3.63, 3.8) is 0 Å². The van der Waals surface area contributed by atoms with Crippen molar-refractivity contribution in [2.24, 2.45) is 17.2 Å². The van der Waals surface area contributed by atoms with E-state index in [1.54, 1.807) is 42.5 Å². The van der Waals surface area contributed by atoms with E-state index in [4.69, 9.17) is 17.2 Å². The van der Waals surface area contributed by atoms with Crippen LogP contribution in [0, 0.1) is 0 Å². The van der Waals surface area contributed by atoms with Crippen LogP contribution in [0.2, 0.25) is 0 Å². The maximum absolute atomic E-state index is 13.4. The first-order valence-electron chi connectivity index (χ1n) is 13.7. The Morgan fingerprint density at radius 2 is 1.26 bits per heavy atom. The largest absolute Gasteiger partial charge is 0.508 e. The summed E-state index contributed by atoms with van der Waals surface area (Å²) in [7, 11) is 0. The molecule has 13 nitrogen and oxygen atoms in total. The molecule has 0 heterocycles. The number of primary amides is 1. The number of rotatable bonds is 18. The third-order valence-corrected chi connectivity index (χ3v) is 6.52. The van der Waals surface area contributed by atoms with Crippen LogP contribution in [-0.4, -0.2) is 70.5 Å². The predicted octanol–water partition coefficient (Wildman–Crippen LogP) is -0.562. The van der Waals surface area contributed by atoms with E-state index in [0.717, 1.165) is 0 Å². The van der Waals surface area contributed by atoms with Crippen molar-refractivity contribution < 1.29 is 34.2 Å². The van der Waals surface area contributed by atoms with Crippen LogP contribution in [0.5, 0.6) is 5.75 Å². The fourth-order valence-corrected chi connectivity index (χ4v) is 4.14. The highest BCUT2D eigenvalue weighted by Crippen LogP contribution is 2.13. The number of benzene rings is 2. The summed E-state index contributed by atoms with van der Waals surface area (Å²) in [4.78, 5) is 62.6. The number of amides is 4. The molecule has 0 bridgehead atoms. The number of nitrogens with one attached hydrogen (secondary N) is 3. The van der Waals surface area contributed by atoms with Crippen LogP contribution in [0.4, 0.5) is 0 Å². The molecule has 4 atom stereocenters. The molecule has 228 valence electrons. The molecule has 0 aliphatic rings. The van der Waals surface area contributed by atoms with Crippen LogP contribution in [0.1, 0.15) is 43.2 Å². The van der Waals surface area contributed by atoms with Crippen molar-refractivity contribution >= 4 is 29.6 Å². The van der Waals surface area contributed by atoms with Crippen molar-refractivity contribution in [2.75, 3.05) is 6.54 Å². The Hall–Kier alpha value is -4.49. The number of aliphatic carboxylic acids is 1. The van der Waals surface area contributed by atoms with E-state index in [2.05, 4.69) is 16.0 Å². The zero-order valence-electron chi connectivity index (χ0n) is 23.3. The summed E-state index contributed by atoms with van der Waals surface area (Å²) >= 11 is 0. The molecule has 0 aliphatic heterocycles. The van der Waals surface area contributed by atoms with Crippen LogP contribution < -0.4 is 33.2 Å². The first kappa shape index (κ1) is 33.7. The van der Waals surface area contributed by atoms with Gasteiger partial charge in [0.25, 0.3) is 0 Å². The standard InChI is InChI=1S/C29H40N6O7/c30-15-5-4-8-22(33-26(38)21(31)13-14-25(32)37)27(39)34-23(16-19-9-11-20(36)12-10-19)28(40)35-24(29(41)42)17-18-6-2-1-3-7-18/h1-3,6-7,9-12,21-24,36H,4-5,8,13-17,30-31H2,(H2,32,37)(H,33,38)(H,34,39)(H,35,40)(H,41,42). The van der Waals surface area contributed by atoms with Crippen molar-refractivity contribution in [2.45, 2.75) is 69.1 Å². The molecular formula is C29H40N6O7. The normalized spacial score (nSPS) is 13.7. The number of carboxylic acids is 1. The number of aromatic hydroxyl groups is 1. The zero-order chi connectivity index (χ0) is 31.1. The highest BCUT2D eigenvalue weighted by molar-refractivity contribution is 5.94. The Morgan fingerprint density at radius 1 is 0.714 bits per heavy atom. The maximum Gasteiger partial charge on any atom is 0.326 e. The molecular weight excluding hydrogens is 544 g/mol. The number of carbonyl (C=O) groups excluding carboxylic acids is 4. The summed E-state index contributed by atoms with van der Waals surface area (Å²) < 4.78 is 0. The van der Waals surface area contributed by atoms with Gasteiger partial charge in [0.2, 0.25) is 23.6 Å². The quantitative estimate of drug-likeness (QED) is 0.105. The summed E-state index contributed by atoms with van der Waals surface area (Å²) in [5.41, 5.74) is 17.9. The molecule has 13 heteroatoms. The first-order chi connectivity index (χ1) is 20.0. The van der Waals surface area contributed by atoms with Gasteiger partial charge in [0.15, 0.2) is 0 Å². The van der Waals surface area contributed by atoms with Crippen molar-refractivity contribution in [1.82, 2.24) is 16.0 Å². The van der Waals surface area contributed by atoms with Crippen molar-refractivity contribution in [3.05, 3.63) is 65.7 Å². The van der Waals surface area contributed by atoms with Crippen molar-refractivity contribution in [1.29, 1.82) is 0 Å². The Kier molecular flexibility index (Phi) is 13.9. The Bertz CT molecular complexity index is 1190. The molecule has 4 amide bonds. The molecule has 42 heavy (non-hydrogen) atoms. The van der Waals surface area contributed by atoms with E-state index < -0.39 is 53.8 Å². The number of carbonyl (C=O) groups is 5. The van der Waals surface area contributed by atoms with Crippen LogP contribution >= 0.6 is 0 Å². The van der Waals surface area contributed by atoms with Gasteiger partial charge in [-0.2, -0.15) is 0 Å². The predicted molar refractivity (Wildman–Crippen MR) is 155 cm³/mol. The van der Waals surface area contributed by atoms with Gasteiger partial charge in [0, 0.05) is 19.3 Å². The molecule has 0 saturated heterocycles. The average Bonchev–Trinajstić information content (AvgIpc) is 2.96. The number of hydrogen-bond donors (Lipinski definition) is 8. The van der Waals surface area contributed by atoms with E-state index in [1.165, 1.54) is 12.1 Å². The van der Waals surface area contributed by atoms with Gasteiger partial charge in [0.05, 0.1) is 6.04 Å². The second kappa shape index (κ2) is 17.4. The second-order valence-corrected chi connectivity index (χ2v) is 9.98. The van der Waals surface area contributed by atoms with Gasteiger partial charge in [-0.15, -0.1) is 0 Å². The average molecular weight is 585 g/mol. The number of unbranched alkanes of at least 4 members (excludes halogenated alkanes) is 1. The van der Waals surface area contributed by atoms with Gasteiger partial charge in [-0.3, -0.25) is 19.2 Å². The number of phenolic OH excluding ortho intramolecular Hbond substituents is 1. The minimum atomic E-state index is -1.28. The number of hydrogen-bond acceptors (Lipinski definition) is 8. The molecule has 0 aliphatic carbocycles. The van der Waals surface area contributed by atoms with Crippen LogP contribution in [0.3, 0.4) is 0 Å². The van der Waals surface area contributed by atoms with Gasteiger partial charge in [-0.1, -0.05) is 42.5 Å². The van der Waals surface area contributed by atoms with Crippen LogP contribution in [-0.2, 0) is 36.8 Å². The molecule has 0 spiro atoms. The van der Waals surface area contributed by atoms with Gasteiger partial charge in [-0.05, 0) is 55.5 Å². The summed E-state index contributed by atoms with van der Waals surface area (Å²) in [5.74, 6) is -3.96. The molecule has 0 radical (unpaired) electrons. The molecule has 0 saturated carbocycles. The van der Waals surface area contributed by atoms with Crippen molar-refractivity contribution in [3.8, 4) is 5.75 Å². The Morgan fingerprint density at radius 3 is 1.86 bits per heavy atom. The fraction of sp³-hybridized carbons (Fsp3) is 0.414. The number of phenols is 1. The van der Waals surface area contributed by atoms with E-state index in [-0.39, 0.29) is 37.9 Å². The van der Waals surface area contributed by atoms with E-state index in [1.807, 2.05) is 0 Å². The lowest BCUT2D eigenvalue weighted by Gasteiger charge is -2.25. The summed E-state index contributed by atoms with van der Waals surface area (Å²) in [6.07, 6.45) is 1.11. The van der Waals surface area contributed by atoms with Crippen LogP contribution in [0.25, 0.3) is 0 Å². The highest BCUT2D eigenvalue weighted by Gasteiger charge is 2.30. The topological polar surface area (TPSA) is 240 Å². The Balaban J connectivity index is 2.25. The maximum atomic E-state index is 13.4. The van der Waals surface area contributed by atoms with Gasteiger partial charge >= 0.3 is 5.97 Å². The minimum Gasteiger partial charge on any atom is -0.508 e. The van der Waals surface area contributed by atoms with Crippen LogP contribution in [0.15, 0.2) is 54.6 Å². The van der Waals surface area contributed by atoms with E-state index >= 15 is 0 Å². The zero-order valence-corrected chi connectivity index (χ0v) is 23.3. The first-order valence-corrected chi connectivity index (χ1v) is 13.7. The molecule has 2 aromatic carbocycles. The number of carboxylic acid groups (broad SMARTS) is 1. The summed E-state index contributed by atoms with van der Waals surface area (Å²) in [5, 5.41) is 27.1. The lowest BCUT2D eigenvalue weighted by molar-refractivity contribution is -0.142. The fourth-order valence-electron chi connectivity index (χ4n) is 4.14. The smallest absolute Gasteiger partial charge is 0.326 e. The summed E-state index contributed by atoms with van der Waals surface area (Å²) in [6, 6.07) is 10.1. The summed E-state index contributed by atoms with van der Waals surface area (Å²) in [6.45, 7) is 0.365. The van der Waals surface area contributed by atoms with Gasteiger partial charge in [0.1, 0.15) is 23.9 Å². The monoisotopic (exact) mass is 584 g/mol. The molecule has 0 fully saturated rings. The lowest BCUT2D eigenvalue weighted by atomic mass is 10.0. The Labute approximate surface area is 244 Å². The minimum absolute atomic E-state index is 0.00736. The van der Waals surface area contributed by atoms with Gasteiger partial charge in [-0.25, -0.2) is 4.79 Å². The molecule has 2 aromatic rings. The SMILES string of the molecule is NCCCCC(NC(=O)C(N)CCC(N)=O)C(=O)NC(Cc1ccc(O)cc1)C(=O)NC(Cc1ccccc1)C(=O)O. The second-order valence-electron chi connectivity index (χ2n) is 9.98. The molecule has 4 unspecified atom stereocenters. The van der Waals surface area contributed by atoms with E-state index in [0.29, 0.717) is 30.5 Å². The van der Waals surface area contributed by atoms with Gasteiger partial charge < -0.3 is 43.4 Å². The third kappa shape index (κ3) is 11.9. The highest BCUT2D eigenvalue weighted by atomic mass is 16.4. The molecule has 2 rings (SSSR count). The molecule has 0 aromatic heterocycles. The third-order valence-electron chi connectivity index (χ3n) is 6.52. The van der Waals surface area contributed by atoms with E-state index in [9.17, 15) is 34.2 Å². The number of nitrogens with two attached hydrogens (primary N) is 3. The molecule has 11 N–H and O–H groups in total. The lowest BCUT2D eigenvalue weighted by Crippen LogP contribution is -2.57.